The topological polar surface area (TPSA) is 72.4 Å². The highest BCUT2D eigenvalue weighted by Crippen LogP contribution is 2.30. The first-order valence-electron chi connectivity index (χ1n) is 9.57. The molecule has 1 heterocycles. The van der Waals surface area contributed by atoms with Gasteiger partial charge in [-0.05, 0) is 31.9 Å². The number of aryl methyl sites for hydroxylation is 1. The van der Waals surface area contributed by atoms with Crippen LogP contribution in [-0.4, -0.2) is 42.3 Å². The van der Waals surface area contributed by atoms with E-state index in [9.17, 15) is 0 Å². The number of nitrogens with zero attached hydrogens (tertiary/aromatic N) is 4. The number of benzene rings is 1. The van der Waals surface area contributed by atoms with Crippen molar-refractivity contribution in [3.8, 4) is 11.5 Å². The molecule has 0 radical (unpaired) electrons. The van der Waals surface area contributed by atoms with Crippen molar-refractivity contribution in [2.75, 3.05) is 37.5 Å². The predicted molar refractivity (Wildman–Crippen MR) is 109 cm³/mol. The Kier molecular flexibility index (Phi) is 8.10. The molecular weight excluding hydrogens is 342 g/mol. The highest BCUT2D eigenvalue weighted by atomic mass is 16.5. The summed E-state index contributed by atoms with van der Waals surface area (Å²) in [5.74, 6) is 3.32. The van der Waals surface area contributed by atoms with E-state index in [2.05, 4.69) is 39.0 Å². The number of rotatable bonds is 11. The van der Waals surface area contributed by atoms with Crippen LogP contribution in [-0.2, 0) is 0 Å². The molecule has 0 fully saturated rings. The molecule has 0 amide bonds. The van der Waals surface area contributed by atoms with Gasteiger partial charge in [0.05, 0.1) is 19.9 Å². The molecule has 0 bridgehead atoms. The lowest BCUT2D eigenvalue weighted by Crippen LogP contribution is -2.28. The van der Waals surface area contributed by atoms with Crippen molar-refractivity contribution in [3.05, 3.63) is 24.0 Å². The molecule has 0 unspecified atom stereocenters. The quantitative estimate of drug-likeness (QED) is 0.628. The van der Waals surface area contributed by atoms with Crippen molar-refractivity contribution in [2.24, 2.45) is 0 Å². The minimum Gasteiger partial charge on any atom is -0.497 e. The third-order valence-electron chi connectivity index (χ3n) is 4.24. The fourth-order valence-corrected chi connectivity index (χ4v) is 2.70. The highest BCUT2D eigenvalue weighted by molar-refractivity contribution is 5.64. The largest absolute Gasteiger partial charge is 0.497 e. The van der Waals surface area contributed by atoms with Gasteiger partial charge in [0.15, 0.2) is 0 Å². The molecular formula is C20H31N5O2. The van der Waals surface area contributed by atoms with Gasteiger partial charge < -0.3 is 19.7 Å². The average Bonchev–Trinajstić information content (AvgIpc) is 2.68. The summed E-state index contributed by atoms with van der Waals surface area (Å²) >= 11 is 0. The van der Waals surface area contributed by atoms with Gasteiger partial charge in [-0.15, -0.1) is 0 Å². The van der Waals surface area contributed by atoms with E-state index in [0.29, 0.717) is 17.5 Å². The van der Waals surface area contributed by atoms with Crippen LogP contribution in [0.1, 0.15) is 45.4 Å². The molecule has 1 aromatic carbocycles. The van der Waals surface area contributed by atoms with Gasteiger partial charge in [0, 0.05) is 19.2 Å². The van der Waals surface area contributed by atoms with E-state index in [0.717, 1.165) is 56.2 Å². The summed E-state index contributed by atoms with van der Waals surface area (Å²) in [6.45, 7) is 8.18. The van der Waals surface area contributed by atoms with E-state index in [1.807, 2.05) is 25.1 Å². The van der Waals surface area contributed by atoms with Gasteiger partial charge in [0.1, 0.15) is 17.3 Å². The molecule has 27 heavy (non-hydrogen) atoms. The minimum absolute atomic E-state index is 0.513. The van der Waals surface area contributed by atoms with Crippen molar-refractivity contribution in [1.29, 1.82) is 0 Å². The van der Waals surface area contributed by atoms with Crippen LogP contribution in [0.25, 0.3) is 0 Å². The van der Waals surface area contributed by atoms with E-state index >= 15 is 0 Å². The van der Waals surface area contributed by atoms with Gasteiger partial charge in [0.25, 0.3) is 0 Å². The Labute approximate surface area is 162 Å². The molecule has 0 aliphatic heterocycles. The van der Waals surface area contributed by atoms with E-state index < -0.39 is 0 Å². The summed E-state index contributed by atoms with van der Waals surface area (Å²) in [6, 6.07) is 5.59. The number of ether oxygens (including phenoxy) is 2. The zero-order valence-corrected chi connectivity index (χ0v) is 17.1. The summed E-state index contributed by atoms with van der Waals surface area (Å²) < 4.78 is 10.7. The first-order valence-corrected chi connectivity index (χ1v) is 9.57. The second-order valence-corrected chi connectivity index (χ2v) is 6.39. The number of unbranched alkanes of at least 4 members (excludes halogenated alkanes) is 2. The van der Waals surface area contributed by atoms with Crippen LogP contribution in [0.4, 0.5) is 17.6 Å². The van der Waals surface area contributed by atoms with E-state index in [-0.39, 0.29) is 0 Å². The lowest BCUT2D eigenvalue weighted by atomic mass is 10.2. The Bertz CT molecular complexity index is 716. The third kappa shape index (κ3) is 5.98. The van der Waals surface area contributed by atoms with Gasteiger partial charge in [-0.2, -0.15) is 15.0 Å². The van der Waals surface area contributed by atoms with Gasteiger partial charge in [0.2, 0.25) is 11.9 Å². The number of anilines is 3. The molecule has 0 aliphatic rings. The van der Waals surface area contributed by atoms with Crippen molar-refractivity contribution in [1.82, 2.24) is 15.0 Å². The Morgan fingerprint density at radius 2 is 1.67 bits per heavy atom. The zero-order chi connectivity index (χ0) is 19.6. The zero-order valence-electron chi connectivity index (χ0n) is 17.1. The molecule has 2 aromatic rings. The molecule has 0 saturated heterocycles. The van der Waals surface area contributed by atoms with Crippen LogP contribution in [0, 0.1) is 6.92 Å². The Morgan fingerprint density at radius 1 is 0.963 bits per heavy atom. The maximum Gasteiger partial charge on any atom is 0.232 e. The number of nitrogens with one attached hydrogen (secondary N) is 1. The third-order valence-corrected chi connectivity index (χ3v) is 4.24. The molecule has 7 nitrogen and oxygen atoms in total. The predicted octanol–water partition coefficient (Wildman–Crippen LogP) is 4.35. The minimum atomic E-state index is 0.513. The molecule has 7 heteroatoms. The normalized spacial score (nSPS) is 10.6. The average molecular weight is 374 g/mol. The summed E-state index contributed by atoms with van der Waals surface area (Å²) in [5, 5.41) is 3.25. The maximum absolute atomic E-state index is 5.45. The Hall–Kier alpha value is -2.57. The van der Waals surface area contributed by atoms with Crippen LogP contribution in [0.3, 0.4) is 0 Å². The van der Waals surface area contributed by atoms with Crippen LogP contribution in [0.15, 0.2) is 18.2 Å². The summed E-state index contributed by atoms with van der Waals surface area (Å²) in [5.41, 5.74) is 0.781. The van der Waals surface area contributed by atoms with Crippen LogP contribution in [0.2, 0.25) is 0 Å². The van der Waals surface area contributed by atoms with Crippen molar-refractivity contribution in [2.45, 2.75) is 46.5 Å². The van der Waals surface area contributed by atoms with Crippen LogP contribution < -0.4 is 19.7 Å². The molecule has 1 aromatic heterocycles. The number of methoxy groups -OCH3 is 2. The van der Waals surface area contributed by atoms with Crippen molar-refractivity contribution >= 4 is 17.6 Å². The molecule has 0 saturated carbocycles. The summed E-state index contributed by atoms with van der Waals surface area (Å²) in [6.07, 6.45) is 4.51. The fourth-order valence-electron chi connectivity index (χ4n) is 2.70. The monoisotopic (exact) mass is 373 g/mol. The van der Waals surface area contributed by atoms with Gasteiger partial charge in [-0.1, -0.05) is 26.7 Å². The number of aromatic nitrogens is 3. The Morgan fingerprint density at radius 3 is 2.26 bits per heavy atom. The number of hydrogen-bond acceptors (Lipinski definition) is 7. The van der Waals surface area contributed by atoms with Gasteiger partial charge >= 0.3 is 0 Å². The first-order chi connectivity index (χ1) is 13.1. The molecule has 148 valence electrons. The maximum atomic E-state index is 5.45. The molecule has 2 rings (SSSR count). The van der Waals surface area contributed by atoms with Gasteiger partial charge in [-0.25, -0.2) is 0 Å². The second kappa shape index (κ2) is 10.5. The fraction of sp³-hybridized carbons (Fsp3) is 0.550. The molecule has 0 spiro atoms. The SMILES string of the molecule is CCCCN(CCCC)c1nc(C)nc(Nc2ccc(OC)cc2OC)n1. The van der Waals surface area contributed by atoms with E-state index in [1.54, 1.807) is 14.2 Å². The van der Waals surface area contributed by atoms with Crippen LogP contribution >= 0.6 is 0 Å². The molecule has 0 aliphatic carbocycles. The smallest absolute Gasteiger partial charge is 0.232 e. The van der Waals surface area contributed by atoms with Crippen LogP contribution in [0.5, 0.6) is 11.5 Å². The van der Waals surface area contributed by atoms with E-state index in [1.165, 1.54) is 0 Å². The second-order valence-electron chi connectivity index (χ2n) is 6.39. The lowest BCUT2D eigenvalue weighted by molar-refractivity contribution is 0.395. The number of hydrogen-bond donors (Lipinski definition) is 1. The van der Waals surface area contributed by atoms with E-state index in [4.69, 9.17) is 9.47 Å². The summed E-state index contributed by atoms with van der Waals surface area (Å²) in [4.78, 5) is 15.9. The summed E-state index contributed by atoms with van der Waals surface area (Å²) in [7, 11) is 3.26. The standard InChI is InChI=1S/C20H31N5O2/c1-6-8-12-25(13-9-7-2)20-22-15(3)21-19(24-20)23-17-11-10-16(26-4)14-18(17)27-5/h10-11,14H,6-9,12-13H2,1-5H3,(H,21,22,23,24). The van der Waals surface area contributed by atoms with Crippen molar-refractivity contribution < 1.29 is 9.47 Å². The molecule has 1 N–H and O–H groups in total. The Balaban J connectivity index is 2.27. The first kappa shape index (κ1) is 20.7. The lowest BCUT2D eigenvalue weighted by Gasteiger charge is -2.23. The molecule has 0 atom stereocenters. The van der Waals surface area contributed by atoms with Gasteiger partial charge in [-0.3, -0.25) is 0 Å². The highest BCUT2D eigenvalue weighted by Gasteiger charge is 2.13. The van der Waals surface area contributed by atoms with Crippen molar-refractivity contribution in [3.63, 3.8) is 0 Å².